The first-order chi connectivity index (χ1) is 18.3. The Hall–Kier alpha value is -1.90. The molecule has 0 unspecified atom stereocenters. The average Bonchev–Trinajstić information content (AvgIpc) is 2.89. The summed E-state index contributed by atoms with van der Waals surface area (Å²) in [6, 6.07) is 14.3. The Morgan fingerprint density at radius 1 is 1.00 bits per heavy atom. The summed E-state index contributed by atoms with van der Waals surface area (Å²) in [5.74, 6) is 1.36. The fourth-order valence-corrected chi connectivity index (χ4v) is 6.41. The van der Waals surface area contributed by atoms with E-state index in [9.17, 15) is 4.79 Å². The number of nitrogens with zero attached hydrogens (tertiary/aromatic N) is 3. The van der Waals surface area contributed by atoms with Crippen LogP contribution in [0.2, 0.25) is 15.1 Å². The highest BCUT2D eigenvalue weighted by Crippen LogP contribution is 2.34. The molecule has 196 valence electrons. The van der Waals surface area contributed by atoms with E-state index in [4.69, 9.17) is 44.5 Å². The van der Waals surface area contributed by atoms with Crippen LogP contribution in [0.1, 0.15) is 55.0 Å². The zero-order valence-corrected chi connectivity index (χ0v) is 25.5. The van der Waals surface area contributed by atoms with Crippen LogP contribution in [0.15, 0.2) is 67.4 Å². The van der Waals surface area contributed by atoms with Crippen LogP contribution in [0.3, 0.4) is 0 Å². The lowest BCUT2D eigenvalue weighted by molar-refractivity contribution is 0.304. The fraction of sp³-hybridized carbons (Fsp3) is 0.250. The molecule has 0 amide bonds. The van der Waals surface area contributed by atoms with E-state index in [1.165, 1.54) is 11.1 Å². The lowest BCUT2D eigenvalue weighted by Crippen LogP contribution is -2.25. The molecule has 0 saturated heterocycles. The molecule has 4 aromatic rings. The molecule has 0 spiro atoms. The van der Waals surface area contributed by atoms with E-state index in [-0.39, 0.29) is 18.1 Å². The Labute approximate surface area is 252 Å². The molecule has 0 aliphatic heterocycles. The zero-order valence-electron chi connectivity index (χ0n) is 20.1. The highest BCUT2D eigenvalue weighted by atomic mass is 79.9. The third-order valence-electron chi connectivity index (χ3n) is 6.54. The van der Waals surface area contributed by atoms with Crippen molar-refractivity contribution in [3.63, 3.8) is 0 Å². The standard InChI is InChI=1S/C28H22Br2Cl3N3O2/c29-19-7-9-25-22(11-19)28(37)36(27(35-25)16-4-2-1-3-5-16)34-14-18-10-21(32)12-23(30)26(18)38-15-17-6-8-20(31)13-24(17)33/h6-14,16H,1-5,15H2. The smallest absolute Gasteiger partial charge is 0.282 e. The van der Waals surface area contributed by atoms with E-state index in [0.717, 1.165) is 35.7 Å². The number of hydrogen-bond donors (Lipinski definition) is 0. The van der Waals surface area contributed by atoms with Crippen LogP contribution in [0.4, 0.5) is 0 Å². The van der Waals surface area contributed by atoms with Crippen molar-refractivity contribution in [2.24, 2.45) is 5.10 Å². The molecule has 0 bridgehead atoms. The zero-order chi connectivity index (χ0) is 26.8. The SMILES string of the molecule is O=c1c2cc(Br)ccc2nc(C2CCCCC2)n1N=Cc1cc(Cl)cc(Br)c1OCc1ccc(Cl)cc1Cl. The van der Waals surface area contributed by atoms with Crippen molar-refractivity contribution < 1.29 is 4.74 Å². The van der Waals surface area contributed by atoms with Gasteiger partial charge in [-0.2, -0.15) is 9.78 Å². The Bertz CT molecular complexity index is 1600. The van der Waals surface area contributed by atoms with Gasteiger partial charge in [0.05, 0.1) is 21.6 Å². The summed E-state index contributed by atoms with van der Waals surface area (Å²) in [4.78, 5) is 18.6. The minimum absolute atomic E-state index is 0.163. The first-order valence-corrected chi connectivity index (χ1v) is 14.8. The Morgan fingerprint density at radius 2 is 1.79 bits per heavy atom. The van der Waals surface area contributed by atoms with Gasteiger partial charge in [-0.25, -0.2) is 4.98 Å². The highest BCUT2D eigenvalue weighted by molar-refractivity contribution is 9.10. The number of hydrogen-bond acceptors (Lipinski definition) is 4. The van der Waals surface area contributed by atoms with Gasteiger partial charge in [0.1, 0.15) is 18.2 Å². The number of fused-ring (bicyclic) bond motifs is 1. The summed E-state index contributed by atoms with van der Waals surface area (Å²) in [5.41, 5.74) is 1.83. The molecule has 1 heterocycles. The van der Waals surface area contributed by atoms with Crippen LogP contribution in [0.5, 0.6) is 5.75 Å². The molecule has 0 atom stereocenters. The van der Waals surface area contributed by atoms with Crippen molar-refractivity contribution in [3.8, 4) is 5.75 Å². The van der Waals surface area contributed by atoms with Gasteiger partial charge >= 0.3 is 0 Å². The van der Waals surface area contributed by atoms with Crippen LogP contribution in [0, 0.1) is 0 Å². The molecule has 5 rings (SSSR count). The van der Waals surface area contributed by atoms with E-state index in [1.807, 2.05) is 18.2 Å². The third-order valence-corrected chi connectivity index (χ3v) is 8.43. The Morgan fingerprint density at radius 3 is 2.55 bits per heavy atom. The number of aromatic nitrogens is 2. The van der Waals surface area contributed by atoms with Crippen LogP contribution < -0.4 is 10.3 Å². The van der Waals surface area contributed by atoms with Gasteiger partial charge in [0, 0.05) is 36.6 Å². The van der Waals surface area contributed by atoms with E-state index < -0.39 is 0 Å². The summed E-state index contributed by atoms with van der Waals surface area (Å²) in [5, 5.41) is 6.71. The average molecular weight is 699 g/mol. The van der Waals surface area contributed by atoms with Crippen molar-refractivity contribution in [1.82, 2.24) is 9.66 Å². The molecule has 1 fully saturated rings. The summed E-state index contributed by atoms with van der Waals surface area (Å²) in [7, 11) is 0. The van der Waals surface area contributed by atoms with Gasteiger partial charge in [-0.1, -0.05) is 76.1 Å². The van der Waals surface area contributed by atoms with Gasteiger partial charge in [-0.3, -0.25) is 4.79 Å². The van der Waals surface area contributed by atoms with Gasteiger partial charge in [0.25, 0.3) is 5.56 Å². The lowest BCUT2D eigenvalue weighted by Gasteiger charge is -2.22. The van der Waals surface area contributed by atoms with E-state index in [1.54, 1.807) is 36.5 Å². The Kier molecular flexibility index (Phi) is 8.80. The first-order valence-electron chi connectivity index (χ1n) is 12.1. The molecule has 0 radical (unpaired) electrons. The van der Waals surface area contributed by atoms with Gasteiger partial charge in [0.2, 0.25) is 0 Å². The molecular weight excluding hydrogens is 676 g/mol. The maximum atomic E-state index is 13.7. The van der Waals surface area contributed by atoms with E-state index in [2.05, 4.69) is 37.0 Å². The molecule has 0 N–H and O–H groups in total. The molecule has 1 aliphatic rings. The van der Waals surface area contributed by atoms with Crippen LogP contribution in [0.25, 0.3) is 10.9 Å². The van der Waals surface area contributed by atoms with Crippen LogP contribution in [-0.4, -0.2) is 15.9 Å². The van der Waals surface area contributed by atoms with Gasteiger partial charge < -0.3 is 4.74 Å². The molecule has 1 aromatic heterocycles. The maximum Gasteiger partial charge on any atom is 0.282 e. The quantitative estimate of drug-likeness (QED) is 0.189. The van der Waals surface area contributed by atoms with Crippen molar-refractivity contribution in [2.45, 2.75) is 44.6 Å². The largest absolute Gasteiger partial charge is 0.487 e. The van der Waals surface area contributed by atoms with E-state index >= 15 is 0 Å². The lowest BCUT2D eigenvalue weighted by atomic mass is 9.88. The van der Waals surface area contributed by atoms with Crippen LogP contribution >= 0.6 is 66.7 Å². The molecule has 1 aliphatic carbocycles. The van der Waals surface area contributed by atoms with E-state index in [0.29, 0.717) is 47.6 Å². The minimum atomic E-state index is -0.218. The summed E-state index contributed by atoms with van der Waals surface area (Å²) in [6.45, 7) is 0.204. The fourth-order valence-electron chi connectivity index (χ4n) is 4.64. The van der Waals surface area contributed by atoms with Crippen molar-refractivity contribution in [2.75, 3.05) is 0 Å². The topological polar surface area (TPSA) is 56.5 Å². The molecular formula is C28H22Br2Cl3N3O2. The summed E-state index contributed by atoms with van der Waals surface area (Å²) >= 11 is 25.8. The summed E-state index contributed by atoms with van der Waals surface area (Å²) < 4.78 is 9.03. The second-order valence-corrected chi connectivity index (χ2v) is 12.2. The predicted octanol–water partition coefficient (Wildman–Crippen LogP) is 9.39. The molecule has 3 aromatic carbocycles. The molecule has 5 nitrogen and oxygen atoms in total. The maximum absolute atomic E-state index is 13.7. The van der Waals surface area contributed by atoms with Crippen molar-refractivity contribution >= 4 is 83.8 Å². The minimum Gasteiger partial charge on any atom is -0.487 e. The second-order valence-electron chi connectivity index (χ2n) is 9.16. The number of rotatable bonds is 6. The predicted molar refractivity (Wildman–Crippen MR) is 162 cm³/mol. The van der Waals surface area contributed by atoms with Gasteiger partial charge in [-0.15, -0.1) is 0 Å². The van der Waals surface area contributed by atoms with Gasteiger partial charge in [0.15, 0.2) is 0 Å². The highest BCUT2D eigenvalue weighted by Gasteiger charge is 2.23. The number of halogens is 5. The number of ether oxygens (including phenoxy) is 1. The Balaban J connectivity index is 1.56. The third kappa shape index (κ3) is 6.13. The molecule has 10 heteroatoms. The second kappa shape index (κ2) is 12.1. The summed E-state index contributed by atoms with van der Waals surface area (Å²) in [6.07, 6.45) is 6.95. The van der Waals surface area contributed by atoms with Crippen molar-refractivity contribution in [1.29, 1.82) is 0 Å². The first kappa shape index (κ1) is 27.7. The molecule has 38 heavy (non-hydrogen) atoms. The van der Waals surface area contributed by atoms with Crippen LogP contribution in [-0.2, 0) is 6.61 Å². The monoisotopic (exact) mass is 695 g/mol. The van der Waals surface area contributed by atoms with Gasteiger partial charge in [-0.05, 0) is 71.2 Å². The molecule has 1 saturated carbocycles. The normalized spacial score (nSPS) is 14.4. The number of benzene rings is 3. The van der Waals surface area contributed by atoms with Crippen molar-refractivity contribution in [3.05, 3.63) is 99.8 Å².